The van der Waals surface area contributed by atoms with E-state index in [1.54, 1.807) is 48.5 Å². The topological polar surface area (TPSA) is 93.2 Å². The highest BCUT2D eigenvalue weighted by Crippen LogP contribution is 2.16. The Hall–Kier alpha value is -4.04. The lowest BCUT2D eigenvalue weighted by atomic mass is 10.1. The van der Waals surface area contributed by atoms with E-state index in [0.29, 0.717) is 33.4 Å². The van der Waals surface area contributed by atoms with E-state index < -0.39 is 11.9 Å². The summed E-state index contributed by atoms with van der Waals surface area (Å²) in [5, 5.41) is 3.14. The molecule has 1 aromatic heterocycles. The van der Waals surface area contributed by atoms with Gasteiger partial charge in [-0.05, 0) is 60.7 Å². The number of amides is 1. The van der Waals surface area contributed by atoms with Crippen molar-refractivity contribution < 1.29 is 14.3 Å². The highest BCUT2D eigenvalue weighted by molar-refractivity contribution is 7.71. The number of fused-ring (bicyclic) bond motifs is 1. The summed E-state index contributed by atoms with van der Waals surface area (Å²) in [7, 11) is 1.29. The number of esters is 1. The summed E-state index contributed by atoms with van der Waals surface area (Å²) < 4.78 is 6.34. The summed E-state index contributed by atoms with van der Waals surface area (Å²) in [5.41, 5.74) is 1.94. The standard InChI is InChI=1S/C23H17N3O4S/c1-30-22(29)15-6-5-7-16(12-15)24-20(27)14-10-11-18-19(13-14)25-23(31)26(21(18)28)17-8-3-2-4-9-17/h2-13H,1H3,(H,24,27)(H,25,31). The molecule has 0 fully saturated rings. The number of anilines is 1. The van der Waals surface area contributed by atoms with Crippen molar-refractivity contribution in [1.29, 1.82) is 0 Å². The molecule has 0 aliphatic heterocycles. The van der Waals surface area contributed by atoms with E-state index in [9.17, 15) is 14.4 Å². The van der Waals surface area contributed by atoms with Gasteiger partial charge in [0.2, 0.25) is 0 Å². The molecule has 0 atom stereocenters. The maximum atomic E-state index is 13.0. The minimum Gasteiger partial charge on any atom is -0.465 e. The Morgan fingerprint density at radius 2 is 1.74 bits per heavy atom. The minimum absolute atomic E-state index is 0.229. The van der Waals surface area contributed by atoms with Crippen LogP contribution in [0.5, 0.6) is 0 Å². The number of rotatable bonds is 4. The number of nitrogens with one attached hydrogen (secondary N) is 2. The van der Waals surface area contributed by atoms with E-state index in [4.69, 9.17) is 17.0 Å². The number of aromatic nitrogens is 2. The lowest BCUT2D eigenvalue weighted by Crippen LogP contribution is -2.21. The van der Waals surface area contributed by atoms with Gasteiger partial charge in [0.25, 0.3) is 11.5 Å². The van der Waals surface area contributed by atoms with E-state index in [-0.39, 0.29) is 10.3 Å². The minimum atomic E-state index is -0.496. The summed E-state index contributed by atoms with van der Waals surface area (Å²) >= 11 is 5.38. The van der Waals surface area contributed by atoms with Crippen molar-refractivity contribution in [2.75, 3.05) is 12.4 Å². The first-order valence-electron chi connectivity index (χ1n) is 9.32. The molecular formula is C23H17N3O4S. The number of para-hydroxylation sites is 1. The second-order valence-electron chi connectivity index (χ2n) is 6.69. The number of H-pyrrole nitrogens is 1. The smallest absolute Gasteiger partial charge is 0.337 e. The number of carbonyl (C=O) groups excluding carboxylic acids is 2. The molecule has 4 rings (SSSR count). The van der Waals surface area contributed by atoms with Crippen LogP contribution in [-0.4, -0.2) is 28.5 Å². The molecule has 0 radical (unpaired) electrons. The molecule has 1 amide bonds. The number of ether oxygens (including phenoxy) is 1. The van der Waals surface area contributed by atoms with Crippen LogP contribution < -0.4 is 10.9 Å². The fourth-order valence-corrected chi connectivity index (χ4v) is 3.51. The SMILES string of the molecule is COC(=O)c1cccc(NC(=O)c2ccc3c(=O)n(-c4ccccc4)c(=S)[nH]c3c2)c1. The van der Waals surface area contributed by atoms with Crippen molar-refractivity contribution in [2.24, 2.45) is 0 Å². The van der Waals surface area contributed by atoms with Crippen LogP contribution in [0.15, 0.2) is 77.6 Å². The first-order valence-corrected chi connectivity index (χ1v) is 9.73. The molecule has 0 saturated heterocycles. The number of methoxy groups -OCH3 is 1. The van der Waals surface area contributed by atoms with Gasteiger partial charge in [-0.2, -0.15) is 0 Å². The molecule has 2 N–H and O–H groups in total. The summed E-state index contributed by atoms with van der Waals surface area (Å²) in [5.74, 6) is -0.889. The Bertz CT molecular complexity index is 1420. The van der Waals surface area contributed by atoms with E-state index in [1.807, 2.05) is 18.2 Å². The normalized spacial score (nSPS) is 10.6. The van der Waals surface area contributed by atoms with Crippen LogP contribution in [0, 0.1) is 4.77 Å². The lowest BCUT2D eigenvalue weighted by molar-refractivity contribution is 0.0600. The summed E-state index contributed by atoms with van der Waals surface area (Å²) in [6, 6.07) is 20.2. The van der Waals surface area contributed by atoms with Crippen LogP contribution >= 0.6 is 12.2 Å². The van der Waals surface area contributed by atoms with E-state index in [0.717, 1.165) is 0 Å². The van der Waals surface area contributed by atoms with Crippen LogP contribution in [0.4, 0.5) is 5.69 Å². The monoisotopic (exact) mass is 431 g/mol. The van der Waals surface area contributed by atoms with Crippen molar-refractivity contribution >= 4 is 40.7 Å². The Labute approximate surface area is 181 Å². The van der Waals surface area contributed by atoms with E-state index in [2.05, 4.69) is 10.3 Å². The third kappa shape index (κ3) is 4.01. The number of hydrogen-bond acceptors (Lipinski definition) is 5. The van der Waals surface area contributed by atoms with Crippen molar-refractivity contribution in [3.8, 4) is 5.69 Å². The fraction of sp³-hybridized carbons (Fsp3) is 0.0435. The molecule has 0 bridgehead atoms. The van der Waals surface area contributed by atoms with Gasteiger partial charge in [-0.15, -0.1) is 0 Å². The Morgan fingerprint density at radius 1 is 0.968 bits per heavy atom. The second kappa shape index (κ2) is 8.37. The molecule has 1 heterocycles. The first-order chi connectivity index (χ1) is 15.0. The van der Waals surface area contributed by atoms with Gasteiger partial charge in [0, 0.05) is 11.3 Å². The van der Waals surface area contributed by atoms with Crippen molar-refractivity contribution in [2.45, 2.75) is 0 Å². The largest absolute Gasteiger partial charge is 0.465 e. The molecule has 8 heteroatoms. The van der Waals surface area contributed by atoms with Crippen LogP contribution in [0.1, 0.15) is 20.7 Å². The lowest BCUT2D eigenvalue weighted by Gasteiger charge is -2.10. The molecule has 31 heavy (non-hydrogen) atoms. The summed E-state index contributed by atoms with van der Waals surface area (Å²) in [6.45, 7) is 0. The van der Waals surface area contributed by atoms with Crippen LogP contribution in [0.25, 0.3) is 16.6 Å². The number of carbonyl (C=O) groups is 2. The highest BCUT2D eigenvalue weighted by atomic mass is 32.1. The number of benzene rings is 3. The molecule has 0 saturated carbocycles. The zero-order valence-electron chi connectivity index (χ0n) is 16.4. The zero-order valence-corrected chi connectivity index (χ0v) is 17.2. The van der Waals surface area contributed by atoms with Gasteiger partial charge in [-0.1, -0.05) is 24.3 Å². The molecule has 4 aromatic rings. The molecule has 0 unspecified atom stereocenters. The predicted molar refractivity (Wildman–Crippen MR) is 120 cm³/mol. The van der Waals surface area contributed by atoms with Gasteiger partial charge < -0.3 is 15.0 Å². The van der Waals surface area contributed by atoms with Crippen molar-refractivity contribution in [1.82, 2.24) is 9.55 Å². The van der Waals surface area contributed by atoms with Crippen LogP contribution in [0.3, 0.4) is 0 Å². The third-order valence-corrected chi connectivity index (χ3v) is 5.00. The number of nitrogens with zero attached hydrogens (tertiary/aromatic N) is 1. The molecular weight excluding hydrogens is 414 g/mol. The maximum Gasteiger partial charge on any atom is 0.337 e. The quantitative estimate of drug-likeness (QED) is 0.375. The third-order valence-electron chi connectivity index (χ3n) is 4.72. The maximum absolute atomic E-state index is 13.0. The van der Waals surface area contributed by atoms with Crippen molar-refractivity contribution in [3.05, 3.63) is 99.0 Å². The molecule has 154 valence electrons. The average Bonchev–Trinajstić information content (AvgIpc) is 2.79. The van der Waals surface area contributed by atoms with Crippen LogP contribution in [-0.2, 0) is 4.74 Å². The summed E-state index contributed by atoms with van der Waals surface area (Å²) in [6.07, 6.45) is 0. The number of hydrogen-bond donors (Lipinski definition) is 2. The molecule has 3 aromatic carbocycles. The van der Waals surface area contributed by atoms with Gasteiger partial charge in [0.05, 0.1) is 29.3 Å². The zero-order chi connectivity index (χ0) is 22.0. The Kier molecular flexibility index (Phi) is 5.46. The fourth-order valence-electron chi connectivity index (χ4n) is 3.22. The van der Waals surface area contributed by atoms with E-state index in [1.165, 1.54) is 17.7 Å². The highest BCUT2D eigenvalue weighted by Gasteiger charge is 2.13. The molecule has 7 nitrogen and oxygen atoms in total. The Balaban J connectivity index is 1.69. The number of aromatic amines is 1. The van der Waals surface area contributed by atoms with Gasteiger partial charge >= 0.3 is 5.97 Å². The summed E-state index contributed by atoms with van der Waals surface area (Å²) in [4.78, 5) is 40.4. The average molecular weight is 431 g/mol. The molecule has 0 aliphatic rings. The predicted octanol–water partition coefficient (Wildman–Crippen LogP) is 4.09. The van der Waals surface area contributed by atoms with Crippen molar-refractivity contribution in [3.63, 3.8) is 0 Å². The van der Waals surface area contributed by atoms with Gasteiger partial charge in [0.15, 0.2) is 4.77 Å². The van der Waals surface area contributed by atoms with Gasteiger partial charge in [-0.25, -0.2) is 4.79 Å². The van der Waals surface area contributed by atoms with E-state index >= 15 is 0 Å². The van der Waals surface area contributed by atoms with Gasteiger partial charge in [-0.3, -0.25) is 14.2 Å². The molecule has 0 aliphatic carbocycles. The van der Waals surface area contributed by atoms with Gasteiger partial charge in [0.1, 0.15) is 0 Å². The molecule has 0 spiro atoms. The first kappa shape index (κ1) is 20.2. The Morgan fingerprint density at radius 3 is 2.48 bits per heavy atom. The second-order valence-corrected chi connectivity index (χ2v) is 7.08. The van der Waals surface area contributed by atoms with Crippen LogP contribution in [0.2, 0.25) is 0 Å².